The molecule has 19 nitrogen and oxygen atoms in total. The number of nitrogens with zero attached hydrogens (tertiary/aromatic N) is 1. The standard InChI is InChI=1S/C44H70N8O11/c1-24(2)19-28-21-31(55)22-29(11-8-9-17-45)47-39(59)32(20-27-13-15-30(54)16-14-27)49-41(61)34-12-10-18-52(34)37(43(63)51-44(5,6)7)25(3)46-42(62)36(26(4)53)50-40(60)33(23-35(56)57)48-38(28)58/h13-16,24-26,28-29,32-34,36-37,53-54H,8-12,17-23,45H2,1-7H3,(H,46,62)(H,47,59)(H,48,58)(H,49,61)(H,50,60)(H,51,63)(H,56,57)/t25-,26+,28+,29-,32-,33-,34-,36-,37-/m0/s1. The van der Waals surface area contributed by atoms with Crippen molar-refractivity contribution in [1.29, 1.82) is 0 Å². The highest BCUT2D eigenvalue weighted by atomic mass is 16.4. The first-order chi connectivity index (χ1) is 29.5. The number of nitrogens with one attached hydrogen (secondary N) is 6. The molecule has 0 saturated carbocycles. The number of aliphatic hydroxyl groups excluding tert-OH is 1. The number of aromatic hydroxyl groups is 1. The van der Waals surface area contributed by atoms with Crippen LogP contribution in [-0.2, 0) is 44.8 Å². The summed E-state index contributed by atoms with van der Waals surface area (Å²) < 4.78 is 0. The number of phenols is 1. The Hall–Kier alpha value is -5.14. The van der Waals surface area contributed by atoms with Crippen molar-refractivity contribution in [3.05, 3.63) is 29.8 Å². The molecule has 2 saturated heterocycles. The van der Waals surface area contributed by atoms with E-state index < -0.39 is 113 Å². The Balaban J connectivity index is 2.18. The molecule has 19 heteroatoms. The van der Waals surface area contributed by atoms with Crippen LogP contribution in [0.1, 0.15) is 112 Å². The molecule has 0 unspecified atom stereocenters. The summed E-state index contributed by atoms with van der Waals surface area (Å²) in [6.45, 7) is 12.3. The lowest BCUT2D eigenvalue weighted by molar-refractivity contribution is -0.142. The first kappa shape index (κ1) is 52.2. The van der Waals surface area contributed by atoms with E-state index in [1.807, 2.05) is 13.8 Å². The van der Waals surface area contributed by atoms with Crippen molar-refractivity contribution in [2.24, 2.45) is 17.6 Å². The molecule has 6 amide bonds. The summed E-state index contributed by atoms with van der Waals surface area (Å²) in [6.07, 6.45) is -0.516. The molecule has 11 N–H and O–H groups in total. The molecule has 2 aliphatic heterocycles. The number of rotatable bonds is 12. The van der Waals surface area contributed by atoms with Gasteiger partial charge in [0.25, 0.3) is 0 Å². The maximum Gasteiger partial charge on any atom is 0.305 e. The second-order valence-electron chi connectivity index (χ2n) is 18.5. The molecule has 2 aliphatic rings. The van der Waals surface area contributed by atoms with Gasteiger partial charge in [-0.2, -0.15) is 0 Å². The summed E-state index contributed by atoms with van der Waals surface area (Å²) in [5.74, 6) is -7.46. The SMILES string of the molecule is CC(C)C[C@@H]1CC(=O)C[C@H](CCCCN)NC(=O)[C@H](Cc2ccc(O)cc2)NC(=O)[C@@H]2CCCN2[C@H](C(=O)NC(C)(C)C)[C@H](C)NC(=O)[C@H]([C@@H](C)O)NC(=O)[C@H](CC(=O)O)NC1=O. The van der Waals surface area contributed by atoms with Crippen LogP contribution in [0.2, 0.25) is 0 Å². The Labute approximate surface area is 369 Å². The number of unbranched alkanes of at least 4 members (excludes halogenated alkanes) is 1. The monoisotopic (exact) mass is 887 g/mol. The third kappa shape index (κ3) is 16.8. The van der Waals surface area contributed by atoms with Crippen molar-refractivity contribution in [3.63, 3.8) is 0 Å². The molecule has 3 rings (SSSR count). The Morgan fingerprint density at radius 2 is 1.49 bits per heavy atom. The minimum absolute atomic E-state index is 0.000329. The molecule has 0 bridgehead atoms. The minimum Gasteiger partial charge on any atom is -0.508 e. The van der Waals surface area contributed by atoms with E-state index in [1.54, 1.807) is 37.8 Å². The molecule has 9 atom stereocenters. The number of amides is 6. The van der Waals surface area contributed by atoms with E-state index in [2.05, 4.69) is 31.9 Å². The van der Waals surface area contributed by atoms with Gasteiger partial charge in [-0.3, -0.25) is 43.3 Å². The van der Waals surface area contributed by atoms with Crippen molar-refractivity contribution in [2.75, 3.05) is 13.1 Å². The number of Topliss-reactive ketones (excluding diaryl/α,β-unsaturated/α-hetero) is 1. The van der Waals surface area contributed by atoms with Crippen molar-refractivity contribution in [2.45, 2.75) is 167 Å². The number of ketones is 1. The van der Waals surface area contributed by atoms with Gasteiger partial charge in [0, 0.05) is 36.8 Å². The summed E-state index contributed by atoms with van der Waals surface area (Å²) in [7, 11) is 0. The van der Waals surface area contributed by atoms with E-state index >= 15 is 0 Å². The van der Waals surface area contributed by atoms with Crippen LogP contribution in [0.3, 0.4) is 0 Å². The summed E-state index contributed by atoms with van der Waals surface area (Å²) in [5, 5.41) is 46.8. The van der Waals surface area contributed by atoms with Crippen LogP contribution in [0.4, 0.5) is 0 Å². The largest absolute Gasteiger partial charge is 0.508 e. The van der Waals surface area contributed by atoms with Crippen LogP contribution in [0.15, 0.2) is 24.3 Å². The Kier molecular flexibility index (Phi) is 19.9. The van der Waals surface area contributed by atoms with Crippen LogP contribution in [0.5, 0.6) is 5.75 Å². The molecule has 0 aromatic heterocycles. The van der Waals surface area contributed by atoms with Crippen LogP contribution in [-0.4, -0.2) is 134 Å². The van der Waals surface area contributed by atoms with Gasteiger partial charge in [-0.05, 0) is 103 Å². The molecule has 2 fully saturated rings. The number of carbonyl (C=O) groups excluding carboxylic acids is 7. The molecular weight excluding hydrogens is 817 g/mol. The smallest absolute Gasteiger partial charge is 0.305 e. The number of benzene rings is 1. The first-order valence-electron chi connectivity index (χ1n) is 22.0. The van der Waals surface area contributed by atoms with Gasteiger partial charge in [-0.25, -0.2) is 0 Å². The molecule has 352 valence electrons. The topological polar surface area (TPSA) is 299 Å². The minimum atomic E-state index is -1.72. The molecule has 0 aliphatic carbocycles. The maximum absolute atomic E-state index is 14.4. The number of carbonyl (C=O) groups is 8. The van der Waals surface area contributed by atoms with Crippen molar-refractivity contribution >= 4 is 47.2 Å². The fraction of sp³-hybridized carbons (Fsp3) is 0.682. The van der Waals surface area contributed by atoms with Gasteiger partial charge in [0.05, 0.1) is 24.6 Å². The number of carboxylic acids is 1. The number of aliphatic hydroxyl groups is 1. The number of phenolic OH excluding ortho intramolecular Hbond substituents is 1. The first-order valence-corrected chi connectivity index (χ1v) is 22.0. The number of aliphatic carboxylic acids is 1. The molecule has 63 heavy (non-hydrogen) atoms. The zero-order chi connectivity index (χ0) is 47.2. The quantitative estimate of drug-likeness (QED) is 0.125. The second-order valence-corrected chi connectivity index (χ2v) is 18.5. The third-order valence-electron chi connectivity index (χ3n) is 11.1. The van der Waals surface area contributed by atoms with Gasteiger partial charge in [-0.1, -0.05) is 32.4 Å². The predicted octanol–water partition coefficient (Wildman–Crippen LogP) is 0.136. The van der Waals surface area contributed by atoms with E-state index in [0.29, 0.717) is 37.8 Å². The molecule has 0 radical (unpaired) electrons. The average Bonchev–Trinajstić information content (AvgIpc) is 3.64. The Morgan fingerprint density at radius 1 is 0.857 bits per heavy atom. The molecule has 1 aromatic rings. The summed E-state index contributed by atoms with van der Waals surface area (Å²) >= 11 is 0. The van der Waals surface area contributed by atoms with E-state index in [0.717, 1.165) is 0 Å². The second kappa shape index (κ2) is 24.1. The van der Waals surface area contributed by atoms with Gasteiger partial charge in [-0.15, -0.1) is 0 Å². The lowest BCUT2D eigenvalue weighted by Crippen LogP contribution is -2.65. The van der Waals surface area contributed by atoms with E-state index in [1.165, 1.54) is 26.0 Å². The lowest BCUT2D eigenvalue weighted by atomic mass is 9.89. The van der Waals surface area contributed by atoms with E-state index in [-0.39, 0.29) is 50.3 Å². The summed E-state index contributed by atoms with van der Waals surface area (Å²) in [4.78, 5) is 112. The van der Waals surface area contributed by atoms with Crippen molar-refractivity contribution in [3.8, 4) is 5.75 Å². The highest BCUT2D eigenvalue weighted by molar-refractivity contribution is 5.96. The summed E-state index contributed by atoms with van der Waals surface area (Å²) in [6, 6.07) is -2.39. The molecule has 1 aromatic carbocycles. The average molecular weight is 887 g/mol. The number of hydrogen-bond donors (Lipinski definition) is 10. The van der Waals surface area contributed by atoms with Gasteiger partial charge in [0.15, 0.2) is 0 Å². The fourth-order valence-electron chi connectivity index (χ4n) is 8.13. The van der Waals surface area contributed by atoms with E-state index in [4.69, 9.17) is 5.73 Å². The lowest BCUT2D eigenvalue weighted by Gasteiger charge is -2.38. The molecule has 0 spiro atoms. The van der Waals surface area contributed by atoms with Gasteiger partial charge in [0.2, 0.25) is 35.4 Å². The zero-order valence-corrected chi connectivity index (χ0v) is 37.7. The Morgan fingerprint density at radius 3 is 2.08 bits per heavy atom. The number of carboxylic acid groups (broad SMARTS) is 1. The Bertz CT molecular complexity index is 1770. The van der Waals surface area contributed by atoms with Gasteiger partial charge < -0.3 is 53.0 Å². The number of fused-ring (bicyclic) bond motifs is 1. The van der Waals surface area contributed by atoms with Crippen LogP contribution >= 0.6 is 0 Å². The van der Waals surface area contributed by atoms with Gasteiger partial charge in [0.1, 0.15) is 35.7 Å². The normalized spacial score (nSPS) is 27.1. The molecular formula is C44H70N8O11. The van der Waals surface area contributed by atoms with Gasteiger partial charge >= 0.3 is 5.97 Å². The number of nitrogens with two attached hydrogens (primary N) is 1. The molecule has 2 heterocycles. The highest BCUT2D eigenvalue weighted by Crippen LogP contribution is 2.25. The highest BCUT2D eigenvalue weighted by Gasteiger charge is 2.44. The van der Waals surface area contributed by atoms with Crippen molar-refractivity contribution < 1.29 is 53.7 Å². The zero-order valence-electron chi connectivity index (χ0n) is 37.7. The van der Waals surface area contributed by atoms with Crippen LogP contribution in [0.25, 0.3) is 0 Å². The van der Waals surface area contributed by atoms with E-state index in [9.17, 15) is 53.7 Å². The third-order valence-corrected chi connectivity index (χ3v) is 11.1. The van der Waals surface area contributed by atoms with Crippen LogP contribution in [0, 0.1) is 11.8 Å². The maximum atomic E-state index is 14.4. The predicted molar refractivity (Wildman–Crippen MR) is 233 cm³/mol. The van der Waals surface area contributed by atoms with Crippen LogP contribution < -0.4 is 37.6 Å². The number of hydrogen-bond acceptors (Lipinski definition) is 12. The van der Waals surface area contributed by atoms with Crippen molar-refractivity contribution in [1.82, 2.24) is 36.8 Å². The fourth-order valence-corrected chi connectivity index (χ4v) is 8.13. The summed E-state index contributed by atoms with van der Waals surface area (Å²) in [5.41, 5.74) is 5.63.